The van der Waals surface area contributed by atoms with E-state index in [1.165, 1.54) is 0 Å². The molecule has 0 saturated heterocycles. The van der Waals surface area contributed by atoms with Gasteiger partial charge in [0.05, 0.1) is 12.6 Å². The number of hydrogen-bond donors (Lipinski definition) is 2. The highest BCUT2D eigenvalue weighted by Crippen LogP contribution is 2.19. The van der Waals surface area contributed by atoms with Gasteiger partial charge in [-0.15, -0.1) is 0 Å². The molecule has 1 aromatic carbocycles. The third-order valence-electron chi connectivity index (χ3n) is 3.44. The number of hydrogen-bond acceptors (Lipinski definition) is 2. The smallest absolute Gasteiger partial charge is 0.223 e. The van der Waals surface area contributed by atoms with Gasteiger partial charge in [-0.3, -0.25) is 4.79 Å². The maximum Gasteiger partial charge on any atom is 0.223 e. The first-order valence-electron chi connectivity index (χ1n) is 7.06. The van der Waals surface area contributed by atoms with E-state index in [9.17, 15) is 9.90 Å². The summed E-state index contributed by atoms with van der Waals surface area (Å²) >= 11 is 0. The average molecular weight is 263 g/mol. The van der Waals surface area contributed by atoms with Crippen LogP contribution >= 0.6 is 0 Å². The summed E-state index contributed by atoms with van der Waals surface area (Å²) < 4.78 is 0. The van der Waals surface area contributed by atoms with Crippen LogP contribution in [0.15, 0.2) is 30.3 Å². The molecule has 1 unspecified atom stereocenters. The molecule has 1 amide bonds. The quantitative estimate of drug-likeness (QED) is 0.794. The van der Waals surface area contributed by atoms with Crippen molar-refractivity contribution in [2.45, 2.75) is 39.7 Å². The zero-order valence-corrected chi connectivity index (χ0v) is 12.1. The lowest BCUT2D eigenvalue weighted by Gasteiger charge is -2.23. The highest BCUT2D eigenvalue weighted by molar-refractivity contribution is 5.79. The first kappa shape index (κ1) is 15.7. The van der Waals surface area contributed by atoms with Crippen molar-refractivity contribution in [3.05, 3.63) is 35.9 Å². The van der Waals surface area contributed by atoms with Crippen molar-refractivity contribution in [3.63, 3.8) is 0 Å². The minimum absolute atomic E-state index is 0.0164. The first-order chi connectivity index (χ1) is 9.10. The van der Waals surface area contributed by atoms with Gasteiger partial charge in [0, 0.05) is 5.92 Å². The summed E-state index contributed by atoms with van der Waals surface area (Å²) in [6.45, 7) is 6.14. The van der Waals surface area contributed by atoms with E-state index < -0.39 is 0 Å². The van der Waals surface area contributed by atoms with Crippen LogP contribution in [0, 0.1) is 11.8 Å². The summed E-state index contributed by atoms with van der Waals surface area (Å²) in [5.41, 5.74) is 0.942. The van der Waals surface area contributed by atoms with Gasteiger partial charge in [-0.2, -0.15) is 0 Å². The molecule has 0 saturated carbocycles. The van der Waals surface area contributed by atoms with Crippen LogP contribution < -0.4 is 5.32 Å². The van der Waals surface area contributed by atoms with Crippen molar-refractivity contribution < 1.29 is 9.90 Å². The second-order valence-corrected chi connectivity index (χ2v) is 5.29. The lowest BCUT2D eigenvalue weighted by molar-refractivity contribution is -0.127. The Morgan fingerprint density at radius 1 is 1.26 bits per heavy atom. The monoisotopic (exact) mass is 263 g/mol. The van der Waals surface area contributed by atoms with Gasteiger partial charge in [-0.05, 0) is 17.9 Å². The van der Waals surface area contributed by atoms with Crippen LogP contribution in [0.25, 0.3) is 0 Å². The van der Waals surface area contributed by atoms with Crippen molar-refractivity contribution in [3.8, 4) is 0 Å². The van der Waals surface area contributed by atoms with Gasteiger partial charge in [0.25, 0.3) is 0 Å². The zero-order chi connectivity index (χ0) is 14.3. The van der Waals surface area contributed by atoms with Gasteiger partial charge in [-0.1, -0.05) is 57.5 Å². The summed E-state index contributed by atoms with van der Waals surface area (Å²) in [4.78, 5) is 12.3. The SMILES string of the molecule is CCCC(C(=O)N[C@H](CO)c1ccccc1)C(C)C. The topological polar surface area (TPSA) is 49.3 Å². The number of benzene rings is 1. The maximum atomic E-state index is 12.3. The van der Waals surface area contributed by atoms with Crippen LogP contribution in [0.3, 0.4) is 0 Å². The number of nitrogens with one attached hydrogen (secondary N) is 1. The van der Waals surface area contributed by atoms with Gasteiger partial charge in [0.1, 0.15) is 0 Å². The molecule has 3 heteroatoms. The summed E-state index contributed by atoms with van der Waals surface area (Å²) in [6.07, 6.45) is 1.88. The maximum absolute atomic E-state index is 12.3. The molecule has 0 aliphatic carbocycles. The van der Waals surface area contributed by atoms with E-state index in [0.29, 0.717) is 5.92 Å². The molecule has 2 N–H and O–H groups in total. The van der Waals surface area contributed by atoms with Crippen molar-refractivity contribution in [1.29, 1.82) is 0 Å². The Labute approximate surface area is 116 Å². The molecule has 0 aliphatic heterocycles. The van der Waals surface area contributed by atoms with E-state index in [4.69, 9.17) is 0 Å². The van der Waals surface area contributed by atoms with E-state index in [1.54, 1.807) is 0 Å². The Hall–Kier alpha value is -1.35. The molecule has 3 nitrogen and oxygen atoms in total. The molecule has 0 aliphatic rings. The molecule has 0 bridgehead atoms. The molecule has 0 aromatic heterocycles. The Morgan fingerprint density at radius 2 is 1.89 bits per heavy atom. The Kier molecular flexibility index (Phi) is 6.57. The fourth-order valence-corrected chi connectivity index (χ4v) is 2.28. The third kappa shape index (κ3) is 4.67. The fraction of sp³-hybridized carbons (Fsp3) is 0.562. The van der Waals surface area contributed by atoms with Crippen LogP contribution in [0.1, 0.15) is 45.2 Å². The summed E-state index contributed by atoms with van der Waals surface area (Å²) in [6, 6.07) is 9.28. The minimum Gasteiger partial charge on any atom is -0.394 e. The summed E-state index contributed by atoms with van der Waals surface area (Å²) in [7, 11) is 0. The molecule has 19 heavy (non-hydrogen) atoms. The number of rotatable bonds is 7. The first-order valence-corrected chi connectivity index (χ1v) is 7.06. The normalized spacial score (nSPS) is 14.2. The predicted molar refractivity (Wildman–Crippen MR) is 77.6 cm³/mol. The minimum atomic E-state index is -0.313. The third-order valence-corrected chi connectivity index (χ3v) is 3.44. The fourth-order valence-electron chi connectivity index (χ4n) is 2.28. The number of aliphatic hydroxyl groups is 1. The van der Waals surface area contributed by atoms with Gasteiger partial charge in [-0.25, -0.2) is 0 Å². The lowest BCUT2D eigenvalue weighted by Crippen LogP contribution is -2.37. The van der Waals surface area contributed by atoms with E-state index >= 15 is 0 Å². The Bertz CT molecular complexity index is 376. The highest BCUT2D eigenvalue weighted by Gasteiger charge is 2.23. The van der Waals surface area contributed by atoms with E-state index in [-0.39, 0.29) is 24.5 Å². The number of aliphatic hydroxyl groups excluding tert-OH is 1. The van der Waals surface area contributed by atoms with Crippen LogP contribution in [0.5, 0.6) is 0 Å². The van der Waals surface area contributed by atoms with Crippen molar-refractivity contribution in [1.82, 2.24) is 5.32 Å². The van der Waals surface area contributed by atoms with Crippen LogP contribution in [0.4, 0.5) is 0 Å². The molecule has 2 atom stereocenters. The number of carbonyl (C=O) groups excluding carboxylic acids is 1. The van der Waals surface area contributed by atoms with Crippen LogP contribution in [0.2, 0.25) is 0 Å². The summed E-state index contributed by atoms with van der Waals surface area (Å²) in [5, 5.41) is 12.4. The van der Waals surface area contributed by atoms with Gasteiger partial charge in [0.2, 0.25) is 5.91 Å². The van der Waals surface area contributed by atoms with E-state index in [2.05, 4.69) is 26.1 Å². The molecule has 1 aromatic rings. The number of carbonyl (C=O) groups is 1. The second kappa shape index (κ2) is 7.95. The van der Waals surface area contributed by atoms with Crippen molar-refractivity contribution in [2.75, 3.05) is 6.61 Å². The average Bonchev–Trinajstić information content (AvgIpc) is 2.42. The molecule has 0 fully saturated rings. The molecular weight excluding hydrogens is 238 g/mol. The van der Waals surface area contributed by atoms with Gasteiger partial charge < -0.3 is 10.4 Å². The molecule has 0 heterocycles. The molecule has 1 rings (SSSR count). The standard InChI is InChI=1S/C16H25NO2/c1-4-8-14(12(2)3)16(19)17-15(11-18)13-9-6-5-7-10-13/h5-7,9-10,12,14-15,18H,4,8,11H2,1-3H3,(H,17,19)/t14?,15-/m1/s1. The van der Waals surface area contributed by atoms with E-state index in [1.807, 2.05) is 30.3 Å². The molecular formula is C16H25NO2. The van der Waals surface area contributed by atoms with Gasteiger partial charge >= 0.3 is 0 Å². The van der Waals surface area contributed by atoms with Crippen molar-refractivity contribution >= 4 is 5.91 Å². The van der Waals surface area contributed by atoms with Gasteiger partial charge in [0.15, 0.2) is 0 Å². The summed E-state index contributed by atoms with van der Waals surface area (Å²) in [5.74, 6) is 0.373. The van der Waals surface area contributed by atoms with Crippen LogP contribution in [-0.4, -0.2) is 17.6 Å². The zero-order valence-electron chi connectivity index (χ0n) is 12.1. The van der Waals surface area contributed by atoms with E-state index in [0.717, 1.165) is 18.4 Å². The van der Waals surface area contributed by atoms with Crippen LogP contribution in [-0.2, 0) is 4.79 Å². The Balaban J connectivity index is 2.72. The Morgan fingerprint density at radius 3 is 2.37 bits per heavy atom. The predicted octanol–water partition coefficient (Wildman–Crippen LogP) is 2.91. The molecule has 0 spiro atoms. The largest absolute Gasteiger partial charge is 0.394 e. The molecule has 0 radical (unpaired) electrons. The second-order valence-electron chi connectivity index (χ2n) is 5.29. The van der Waals surface area contributed by atoms with Crippen molar-refractivity contribution in [2.24, 2.45) is 11.8 Å². The number of amides is 1. The lowest BCUT2D eigenvalue weighted by atomic mass is 9.90. The highest BCUT2D eigenvalue weighted by atomic mass is 16.3. The molecule has 106 valence electrons.